The van der Waals surface area contributed by atoms with Gasteiger partial charge in [-0.3, -0.25) is 4.68 Å². The zero-order chi connectivity index (χ0) is 12.5. The van der Waals surface area contributed by atoms with Crippen molar-refractivity contribution in [1.29, 1.82) is 0 Å². The van der Waals surface area contributed by atoms with E-state index in [1.165, 1.54) is 0 Å². The van der Waals surface area contributed by atoms with E-state index in [1.807, 2.05) is 13.2 Å². The number of nitrogens with zero attached hydrogens (tertiary/aromatic N) is 3. The first-order valence-corrected chi connectivity index (χ1v) is 6.56. The van der Waals surface area contributed by atoms with Crippen molar-refractivity contribution >= 4 is 0 Å². The van der Waals surface area contributed by atoms with E-state index in [9.17, 15) is 5.11 Å². The number of aliphatic hydroxyl groups is 1. The predicted molar refractivity (Wildman–Crippen MR) is 66.5 cm³/mol. The van der Waals surface area contributed by atoms with Crippen LogP contribution in [0.2, 0.25) is 0 Å². The van der Waals surface area contributed by atoms with E-state index in [2.05, 4.69) is 24.2 Å². The van der Waals surface area contributed by atoms with E-state index in [0.29, 0.717) is 6.42 Å². The van der Waals surface area contributed by atoms with Crippen molar-refractivity contribution in [3.05, 3.63) is 11.9 Å². The molecule has 1 fully saturated rings. The fraction of sp³-hybridized carbons (Fsp3) is 0.846. The van der Waals surface area contributed by atoms with Crippen LogP contribution in [-0.4, -0.2) is 25.7 Å². The van der Waals surface area contributed by atoms with Crippen LogP contribution in [0.15, 0.2) is 6.20 Å². The van der Waals surface area contributed by atoms with E-state index < -0.39 is 5.60 Å². The van der Waals surface area contributed by atoms with E-state index in [-0.39, 0.29) is 0 Å². The lowest BCUT2D eigenvalue weighted by atomic mass is 9.73. The van der Waals surface area contributed by atoms with Crippen LogP contribution in [0.4, 0.5) is 0 Å². The molecular formula is C13H23N3O. The van der Waals surface area contributed by atoms with Crippen LogP contribution in [0.3, 0.4) is 0 Å². The average molecular weight is 237 g/mol. The lowest BCUT2D eigenvalue weighted by molar-refractivity contribution is -0.0153. The van der Waals surface area contributed by atoms with Crippen LogP contribution in [-0.2, 0) is 13.5 Å². The van der Waals surface area contributed by atoms with Crippen molar-refractivity contribution in [3.8, 4) is 0 Å². The maximum absolute atomic E-state index is 10.6. The summed E-state index contributed by atoms with van der Waals surface area (Å²) in [4.78, 5) is 0. The molecule has 0 amide bonds. The number of aryl methyl sites for hydroxylation is 1. The summed E-state index contributed by atoms with van der Waals surface area (Å²) in [5.41, 5.74) is 0.347. The fourth-order valence-electron chi connectivity index (χ4n) is 2.83. The van der Waals surface area contributed by atoms with E-state index in [4.69, 9.17) is 0 Å². The topological polar surface area (TPSA) is 50.9 Å². The highest BCUT2D eigenvalue weighted by atomic mass is 16.3. The first-order chi connectivity index (χ1) is 7.98. The van der Waals surface area contributed by atoms with Crippen LogP contribution >= 0.6 is 0 Å². The highest BCUT2D eigenvalue weighted by Crippen LogP contribution is 2.37. The van der Waals surface area contributed by atoms with Gasteiger partial charge in [0.15, 0.2) is 0 Å². The molecule has 0 saturated heterocycles. The number of hydrogen-bond donors (Lipinski definition) is 1. The zero-order valence-corrected chi connectivity index (χ0v) is 11.1. The second kappa shape index (κ2) is 4.77. The molecule has 2 rings (SSSR count). The third kappa shape index (κ3) is 3.06. The van der Waals surface area contributed by atoms with E-state index >= 15 is 0 Å². The monoisotopic (exact) mass is 237 g/mol. The molecule has 1 aliphatic carbocycles. The largest absolute Gasteiger partial charge is 0.389 e. The Hall–Kier alpha value is -0.900. The van der Waals surface area contributed by atoms with Crippen molar-refractivity contribution in [2.24, 2.45) is 18.9 Å². The smallest absolute Gasteiger partial charge is 0.0855 e. The Balaban J connectivity index is 1.93. The highest BCUT2D eigenvalue weighted by Gasteiger charge is 2.34. The van der Waals surface area contributed by atoms with Crippen molar-refractivity contribution in [2.75, 3.05) is 0 Å². The summed E-state index contributed by atoms with van der Waals surface area (Å²) in [6, 6.07) is 0. The molecule has 1 aliphatic rings. The van der Waals surface area contributed by atoms with E-state index in [0.717, 1.165) is 43.2 Å². The number of rotatable bonds is 3. The molecule has 1 saturated carbocycles. The Morgan fingerprint density at radius 3 is 2.59 bits per heavy atom. The van der Waals surface area contributed by atoms with Crippen molar-refractivity contribution in [1.82, 2.24) is 15.0 Å². The van der Waals surface area contributed by atoms with Gasteiger partial charge in [0.25, 0.3) is 0 Å². The fourth-order valence-corrected chi connectivity index (χ4v) is 2.83. The standard InChI is InChI=1S/C13H23N3O/c1-10(2)11-4-6-13(17,7-5-11)8-12-9-16(3)15-14-12/h9-11,17H,4-8H2,1-3H3. The molecule has 4 nitrogen and oxygen atoms in total. The van der Waals surface area contributed by atoms with Gasteiger partial charge in [-0.2, -0.15) is 0 Å². The van der Waals surface area contributed by atoms with E-state index in [1.54, 1.807) is 4.68 Å². The van der Waals surface area contributed by atoms with Crippen LogP contribution in [0.25, 0.3) is 0 Å². The summed E-state index contributed by atoms with van der Waals surface area (Å²) < 4.78 is 1.69. The van der Waals surface area contributed by atoms with Gasteiger partial charge in [-0.25, -0.2) is 0 Å². The quantitative estimate of drug-likeness (QED) is 0.874. The zero-order valence-electron chi connectivity index (χ0n) is 11.1. The van der Waals surface area contributed by atoms with Crippen LogP contribution in [0, 0.1) is 11.8 Å². The summed E-state index contributed by atoms with van der Waals surface area (Å²) in [6.07, 6.45) is 6.60. The molecule has 1 aromatic rings. The van der Waals surface area contributed by atoms with Gasteiger partial charge in [0.2, 0.25) is 0 Å². The van der Waals surface area contributed by atoms with Gasteiger partial charge in [-0.1, -0.05) is 19.1 Å². The maximum Gasteiger partial charge on any atom is 0.0855 e. The lowest BCUT2D eigenvalue weighted by Crippen LogP contribution is -2.37. The van der Waals surface area contributed by atoms with Gasteiger partial charge in [0, 0.05) is 19.7 Å². The van der Waals surface area contributed by atoms with Crippen LogP contribution in [0.5, 0.6) is 0 Å². The molecule has 17 heavy (non-hydrogen) atoms. The minimum Gasteiger partial charge on any atom is -0.389 e. The van der Waals surface area contributed by atoms with Crippen LogP contribution in [0.1, 0.15) is 45.2 Å². The van der Waals surface area contributed by atoms with Crippen molar-refractivity contribution < 1.29 is 5.11 Å². The first kappa shape index (κ1) is 12.6. The van der Waals surface area contributed by atoms with Gasteiger partial charge >= 0.3 is 0 Å². The first-order valence-electron chi connectivity index (χ1n) is 6.56. The average Bonchev–Trinajstić information content (AvgIpc) is 2.63. The normalized spacial score (nSPS) is 29.8. The summed E-state index contributed by atoms with van der Waals surface area (Å²) >= 11 is 0. The minimum absolute atomic E-state index is 0.554. The molecule has 0 radical (unpaired) electrons. The molecule has 1 heterocycles. The molecule has 0 aliphatic heterocycles. The summed E-state index contributed by atoms with van der Waals surface area (Å²) in [5, 5.41) is 18.5. The van der Waals surface area contributed by atoms with Crippen molar-refractivity contribution in [3.63, 3.8) is 0 Å². The highest BCUT2D eigenvalue weighted by molar-refractivity contribution is 5.01. The van der Waals surface area contributed by atoms with Gasteiger partial charge in [-0.05, 0) is 37.5 Å². The second-order valence-corrected chi connectivity index (χ2v) is 5.87. The van der Waals surface area contributed by atoms with Gasteiger partial charge in [0.05, 0.1) is 11.3 Å². The minimum atomic E-state index is -0.554. The molecule has 0 aromatic carbocycles. The van der Waals surface area contributed by atoms with Gasteiger partial charge in [0.1, 0.15) is 0 Å². The Bertz CT molecular complexity index is 364. The Kier molecular flexibility index (Phi) is 3.52. The molecule has 0 unspecified atom stereocenters. The number of hydrogen-bond acceptors (Lipinski definition) is 3. The molecular weight excluding hydrogens is 214 g/mol. The van der Waals surface area contributed by atoms with Crippen LogP contribution < -0.4 is 0 Å². The third-order valence-corrected chi connectivity index (χ3v) is 4.06. The molecule has 1 N–H and O–H groups in total. The Labute approximate surface area is 103 Å². The molecule has 0 bridgehead atoms. The van der Waals surface area contributed by atoms with Gasteiger partial charge in [-0.15, -0.1) is 5.10 Å². The lowest BCUT2D eigenvalue weighted by Gasteiger charge is -2.37. The molecule has 0 spiro atoms. The Morgan fingerprint density at radius 2 is 2.12 bits per heavy atom. The molecule has 0 atom stereocenters. The molecule has 1 aromatic heterocycles. The molecule has 96 valence electrons. The number of aromatic nitrogens is 3. The Morgan fingerprint density at radius 1 is 1.47 bits per heavy atom. The van der Waals surface area contributed by atoms with Crippen molar-refractivity contribution in [2.45, 2.75) is 51.6 Å². The maximum atomic E-state index is 10.6. The SMILES string of the molecule is CC(C)C1CCC(O)(Cc2cn(C)nn2)CC1. The molecule has 4 heteroatoms. The second-order valence-electron chi connectivity index (χ2n) is 5.87. The van der Waals surface area contributed by atoms with Gasteiger partial charge < -0.3 is 5.11 Å². The predicted octanol–water partition coefficient (Wildman–Crippen LogP) is 1.93. The summed E-state index contributed by atoms with van der Waals surface area (Å²) in [6.45, 7) is 4.55. The summed E-state index contributed by atoms with van der Waals surface area (Å²) in [5.74, 6) is 1.51. The third-order valence-electron chi connectivity index (χ3n) is 4.06. The summed E-state index contributed by atoms with van der Waals surface area (Å²) in [7, 11) is 1.86.